The van der Waals surface area contributed by atoms with Gasteiger partial charge in [-0.05, 0) is 61.8 Å². The Kier molecular flexibility index (Phi) is 20.9. The van der Waals surface area contributed by atoms with E-state index in [2.05, 4.69) is 143 Å². The van der Waals surface area contributed by atoms with E-state index >= 15 is 0 Å². The second-order valence-electron chi connectivity index (χ2n) is 15.5. The molecule has 0 heterocycles. The van der Waals surface area contributed by atoms with Crippen LogP contribution in [0.5, 0.6) is 0 Å². The number of hydrogen-bond donors (Lipinski definition) is 0. The summed E-state index contributed by atoms with van der Waals surface area (Å²) in [7, 11) is -2.21. The monoisotopic (exact) mass is 837 g/mol. The summed E-state index contributed by atoms with van der Waals surface area (Å²) in [6.07, 6.45) is 12.8. The van der Waals surface area contributed by atoms with E-state index in [4.69, 9.17) is 25.3 Å². The largest absolute Gasteiger partial charge is 3.00 e. The zero-order valence-electron chi connectivity index (χ0n) is 34.2. The molecule has 272 valence electrons. The molecule has 2 aromatic rings. The molecule has 0 amide bonds. The van der Waals surface area contributed by atoms with Crippen LogP contribution < -0.4 is 0 Å². The van der Waals surface area contributed by atoms with Crippen LogP contribution in [-0.2, 0) is 25.7 Å². The fraction of sp³-hybridized carbons (Fsp3) is 0.571. The van der Waals surface area contributed by atoms with E-state index in [-0.39, 0.29) is 47.7 Å². The number of allylic oxidation sites excluding steroid dienone is 4. The van der Waals surface area contributed by atoms with Gasteiger partial charge >= 0.3 is 35.6 Å². The van der Waals surface area contributed by atoms with Crippen LogP contribution in [-0.4, -0.2) is 40.0 Å². The van der Waals surface area contributed by atoms with Crippen LogP contribution in [0.1, 0.15) is 103 Å². The molecule has 0 N–H and O–H groups in total. The normalized spacial score (nSPS) is 17.8. The third-order valence-electron chi connectivity index (χ3n) is 8.45. The maximum Gasteiger partial charge on any atom is 3.00 e. The van der Waals surface area contributed by atoms with Gasteiger partial charge < -0.3 is 15.3 Å². The standard InChI is InChI=1S/C36H50N4.C6H18NSi2.La/c1-9-29-17-15-18-30(10-2)35(29)39-27(7)23-25(5)37-33-21-13-14-22-34(33)38-26(6)24-28(8)40-36-31(11-3)19-16-20-32(36)12-4;1-8(2,3)7-9(4,5)6;/h15-20,23-24,33-34H,9-14,21-22H2,1-8H3;1-6H3;/q-2;-1;+3/b25-23-,26-24-,39-27?,40-28?;;/t33-,34-;;/m1../s1. The van der Waals surface area contributed by atoms with Gasteiger partial charge in [-0.2, -0.15) is 11.4 Å². The number of para-hydroxylation sites is 2. The van der Waals surface area contributed by atoms with Crippen molar-refractivity contribution >= 4 is 39.3 Å². The molecule has 0 aliphatic heterocycles. The molecule has 5 nitrogen and oxygen atoms in total. The van der Waals surface area contributed by atoms with Gasteiger partial charge in [0, 0.05) is 11.4 Å². The van der Waals surface area contributed by atoms with Crippen LogP contribution >= 0.6 is 0 Å². The summed E-state index contributed by atoms with van der Waals surface area (Å²) in [6.45, 7) is 31.0. The minimum atomic E-state index is -1.11. The number of aliphatic imine (C=N–C) groups is 2. The average molecular weight is 838 g/mol. The van der Waals surface area contributed by atoms with Crippen molar-refractivity contribution in [2.45, 2.75) is 158 Å². The molecule has 3 rings (SSSR count). The molecule has 0 radical (unpaired) electrons. The molecule has 0 unspecified atom stereocenters. The topological polar surface area (TPSA) is 67.0 Å². The van der Waals surface area contributed by atoms with Gasteiger partial charge in [0.1, 0.15) is 0 Å². The van der Waals surface area contributed by atoms with Crippen LogP contribution in [0.25, 0.3) is 15.3 Å². The van der Waals surface area contributed by atoms with Crippen molar-refractivity contribution in [2.75, 3.05) is 0 Å². The summed E-state index contributed by atoms with van der Waals surface area (Å²) in [6, 6.07) is 13.5. The third kappa shape index (κ3) is 16.9. The van der Waals surface area contributed by atoms with Gasteiger partial charge in [0.15, 0.2) is 0 Å². The summed E-state index contributed by atoms with van der Waals surface area (Å²) >= 11 is 0. The molecule has 8 heteroatoms. The molecule has 1 saturated carbocycles. The summed E-state index contributed by atoms with van der Waals surface area (Å²) in [5, 5.41) is 10.3. The van der Waals surface area contributed by atoms with E-state index in [1.165, 1.54) is 35.1 Å². The SMILES string of the molecule is CCc1cccc(CC)c1N=C(C)/C=C(/C)[N-][C@@H]1CCCC[C@H]1[N-]/C(C)=C\C(C)=Nc1c(CC)cccc1CC.C[Si](C)(C)[N-][Si](C)(C)C.[La+3]. The van der Waals surface area contributed by atoms with Gasteiger partial charge in [-0.3, -0.25) is 9.98 Å². The van der Waals surface area contributed by atoms with Gasteiger partial charge in [0.05, 0.1) is 11.4 Å². The number of rotatable bonds is 14. The van der Waals surface area contributed by atoms with Crippen molar-refractivity contribution in [2.24, 2.45) is 9.98 Å². The maximum atomic E-state index is 5.16. The van der Waals surface area contributed by atoms with E-state index in [0.717, 1.165) is 72.7 Å². The predicted octanol–water partition coefficient (Wildman–Crippen LogP) is 13.7. The van der Waals surface area contributed by atoms with Crippen molar-refractivity contribution in [3.63, 3.8) is 0 Å². The summed E-state index contributed by atoms with van der Waals surface area (Å²) < 4.78 is 4.82. The maximum absolute atomic E-state index is 5.16. The molecule has 1 fully saturated rings. The van der Waals surface area contributed by atoms with Gasteiger partial charge in [-0.1, -0.05) is 172 Å². The Labute approximate surface area is 338 Å². The van der Waals surface area contributed by atoms with Crippen molar-refractivity contribution in [3.8, 4) is 0 Å². The Hall–Kier alpha value is -1.55. The summed E-state index contributed by atoms with van der Waals surface area (Å²) in [5.74, 6) is 0. The van der Waals surface area contributed by atoms with Crippen LogP contribution in [0.3, 0.4) is 0 Å². The Morgan fingerprint density at radius 3 is 1.14 bits per heavy atom. The molecule has 0 saturated heterocycles. The molecule has 50 heavy (non-hydrogen) atoms. The quantitative estimate of drug-likeness (QED) is 0.134. The van der Waals surface area contributed by atoms with E-state index in [1.54, 1.807) is 0 Å². The fourth-order valence-electron chi connectivity index (χ4n) is 6.74. The van der Waals surface area contributed by atoms with E-state index in [9.17, 15) is 0 Å². The van der Waals surface area contributed by atoms with Gasteiger partial charge in [0.25, 0.3) is 0 Å². The van der Waals surface area contributed by atoms with E-state index in [0.29, 0.717) is 0 Å². The third-order valence-corrected chi connectivity index (χ3v) is 13.8. The first-order chi connectivity index (χ1) is 23.0. The van der Waals surface area contributed by atoms with Crippen molar-refractivity contribution in [1.82, 2.24) is 0 Å². The van der Waals surface area contributed by atoms with E-state index < -0.39 is 16.5 Å². The zero-order valence-corrected chi connectivity index (χ0v) is 39.9. The number of aryl methyl sites for hydroxylation is 4. The molecule has 0 spiro atoms. The molecule has 1 aliphatic carbocycles. The number of hydrogen-bond acceptors (Lipinski definition) is 2. The molecule has 2 atom stereocenters. The Morgan fingerprint density at radius 2 is 0.900 bits per heavy atom. The van der Waals surface area contributed by atoms with Crippen LogP contribution in [0, 0.1) is 35.6 Å². The number of benzene rings is 2. The predicted molar refractivity (Wildman–Crippen MR) is 226 cm³/mol. The van der Waals surface area contributed by atoms with Gasteiger partial charge in [0.2, 0.25) is 0 Å². The zero-order chi connectivity index (χ0) is 36.8. The molecular formula is C42H68LaN5Si2. The van der Waals surface area contributed by atoms with Crippen molar-refractivity contribution < 1.29 is 35.6 Å². The minimum absolute atomic E-state index is 0. The second-order valence-corrected chi connectivity index (χ2v) is 25.1. The fourth-order valence-corrected chi connectivity index (χ4v) is 14.8. The molecule has 1 aliphatic rings. The van der Waals surface area contributed by atoms with Crippen LogP contribution in [0.2, 0.25) is 39.3 Å². The van der Waals surface area contributed by atoms with Gasteiger partial charge in [-0.25, -0.2) is 0 Å². The van der Waals surface area contributed by atoms with Crippen LogP contribution in [0.15, 0.2) is 69.9 Å². The number of nitrogens with zero attached hydrogens (tertiary/aromatic N) is 5. The molecule has 2 aromatic carbocycles. The first kappa shape index (κ1) is 46.5. The average Bonchev–Trinajstić information content (AvgIpc) is 3.00. The first-order valence-corrected chi connectivity index (χ1v) is 25.7. The molecular weight excluding hydrogens is 770 g/mol. The minimum Gasteiger partial charge on any atom is -0.686 e. The van der Waals surface area contributed by atoms with E-state index in [1.807, 2.05) is 0 Å². The van der Waals surface area contributed by atoms with Crippen molar-refractivity contribution in [1.29, 1.82) is 0 Å². The Balaban J connectivity index is 0.00000110. The molecule has 0 bridgehead atoms. The molecule has 0 aromatic heterocycles. The first-order valence-electron chi connectivity index (χ1n) is 18.8. The van der Waals surface area contributed by atoms with Gasteiger partial charge in [-0.15, -0.1) is 12.1 Å². The Morgan fingerprint density at radius 1 is 0.600 bits per heavy atom. The summed E-state index contributed by atoms with van der Waals surface area (Å²) in [4.78, 5) is 10.1. The van der Waals surface area contributed by atoms with Crippen LogP contribution in [0.4, 0.5) is 11.4 Å². The second kappa shape index (κ2) is 22.5. The van der Waals surface area contributed by atoms with Crippen molar-refractivity contribution in [3.05, 3.63) is 97.5 Å². The summed E-state index contributed by atoms with van der Waals surface area (Å²) in [5.41, 5.74) is 11.5. The Bertz CT molecular complexity index is 1310. The smallest absolute Gasteiger partial charge is 0.686 e.